The van der Waals surface area contributed by atoms with Gasteiger partial charge in [0.15, 0.2) is 22.3 Å². The SMILES string of the molecule is O=C(CSc1nnc2c3cc(-c4ccc(F)cc4)nn3ccn12)Nc1ccc2c(c1)OCO2. The number of hydrogen-bond donors (Lipinski definition) is 1. The molecule has 6 rings (SSSR count). The molecule has 11 heteroatoms. The smallest absolute Gasteiger partial charge is 0.234 e. The van der Waals surface area contributed by atoms with Crippen molar-refractivity contribution in [2.75, 3.05) is 17.9 Å². The Morgan fingerprint density at radius 2 is 1.91 bits per heavy atom. The summed E-state index contributed by atoms with van der Waals surface area (Å²) in [6, 6.07) is 13.3. The summed E-state index contributed by atoms with van der Waals surface area (Å²) in [6.07, 6.45) is 3.58. The zero-order chi connectivity index (χ0) is 22.4. The number of fused-ring (bicyclic) bond motifs is 4. The molecule has 4 heterocycles. The van der Waals surface area contributed by atoms with Gasteiger partial charge in [-0.15, -0.1) is 10.2 Å². The van der Waals surface area contributed by atoms with Gasteiger partial charge in [-0.05, 0) is 42.5 Å². The monoisotopic (exact) mass is 462 g/mol. The van der Waals surface area contributed by atoms with E-state index in [2.05, 4.69) is 20.6 Å². The van der Waals surface area contributed by atoms with Gasteiger partial charge in [0, 0.05) is 29.7 Å². The van der Waals surface area contributed by atoms with Crippen molar-refractivity contribution in [3.63, 3.8) is 0 Å². The molecule has 3 aromatic heterocycles. The van der Waals surface area contributed by atoms with Crippen molar-refractivity contribution in [2.45, 2.75) is 5.16 Å². The van der Waals surface area contributed by atoms with Crippen LogP contribution in [0.25, 0.3) is 22.4 Å². The number of nitrogens with zero attached hydrogens (tertiary/aromatic N) is 5. The Balaban J connectivity index is 1.20. The molecule has 1 amide bonds. The molecule has 0 saturated heterocycles. The highest BCUT2D eigenvalue weighted by Gasteiger charge is 2.16. The number of carbonyl (C=O) groups excluding carboxylic acids is 1. The van der Waals surface area contributed by atoms with E-state index >= 15 is 0 Å². The number of nitrogens with one attached hydrogen (secondary N) is 1. The number of hydrogen-bond acceptors (Lipinski definition) is 7. The Morgan fingerprint density at radius 1 is 1.06 bits per heavy atom. The summed E-state index contributed by atoms with van der Waals surface area (Å²) >= 11 is 1.27. The van der Waals surface area contributed by atoms with E-state index in [0.717, 1.165) is 11.1 Å². The van der Waals surface area contributed by atoms with Crippen molar-refractivity contribution in [1.82, 2.24) is 24.2 Å². The molecule has 0 aliphatic carbocycles. The van der Waals surface area contributed by atoms with E-state index in [4.69, 9.17) is 9.47 Å². The van der Waals surface area contributed by atoms with E-state index in [1.54, 1.807) is 47.2 Å². The second-order valence-electron chi connectivity index (χ2n) is 7.25. The number of halogens is 1. The Hall–Kier alpha value is -4.12. The molecule has 1 aliphatic rings. The van der Waals surface area contributed by atoms with Crippen LogP contribution >= 0.6 is 11.8 Å². The molecule has 0 unspecified atom stereocenters. The predicted molar refractivity (Wildman–Crippen MR) is 119 cm³/mol. The minimum Gasteiger partial charge on any atom is -0.454 e. The molecular weight excluding hydrogens is 447 g/mol. The third-order valence-electron chi connectivity index (χ3n) is 5.11. The molecule has 0 radical (unpaired) electrons. The minimum absolute atomic E-state index is 0.153. The number of amides is 1. The number of benzene rings is 2. The quantitative estimate of drug-likeness (QED) is 0.399. The lowest BCUT2D eigenvalue weighted by molar-refractivity contribution is -0.113. The molecule has 2 aromatic carbocycles. The number of carbonyl (C=O) groups is 1. The summed E-state index contributed by atoms with van der Waals surface area (Å²) in [7, 11) is 0. The number of aromatic nitrogens is 5. The second-order valence-corrected chi connectivity index (χ2v) is 8.19. The van der Waals surface area contributed by atoms with Crippen LogP contribution in [0.3, 0.4) is 0 Å². The van der Waals surface area contributed by atoms with Crippen molar-refractivity contribution in [3.05, 3.63) is 66.7 Å². The summed E-state index contributed by atoms with van der Waals surface area (Å²) in [6.45, 7) is 0.179. The van der Waals surface area contributed by atoms with Gasteiger partial charge in [-0.1, -0.05) is 11.8 Å². The van der Waals surface area contributed by atoms with E-state index < -0.39 is 0 Å². The second kappa shape index (κ2) is 7.78. The average Bonchev–Trinajstić information content (AvgIpc) is 3.55. The van der Waals surface area contributed by atoms with Gasteiger partial charge in [0.25, 0.3) is 0 Å². The lowest BCUT2D eigenvalue weighted by Gasteiger charge is -2.05. The van der Waals surface area contributed by atoms with Crippen LogP contribution in [-0.2, 0) is 4.79 Å². The molecule has 9 nitrogen and oxygen atoms in total. The highest BCUT2D eigenvalue weighted by molar-refractivity contribution is 7.99. The number of ether oxygens (including phenoxy) is 2. The fourth-order valence-corrected chi connectivity index (χ4v) is 4.27. The van der Waals surface area contributed by atoms with Gasteiger partial charge in [-0.25, -0.2) is 8.91 Å². The summed E-state index contributed by atoms with van der Waals surface area (Å²) in [5.74, 6) is 0.937. The lowest BCUT2D eigenvalue weighted by atomic mass is 10.1. The average molecular weight is 462 g/mol. The minimum atomic E-state index is -0.299. The van der Waals surface area contributed by atoms with Gasteiger partial charge in [-0.3, -0.25) is 9.20 Å². The maximum Gasteiger partial charge on any atom is 0.234 e. The van der Waals surface area contributed by atoms with Crippen LogP contribution < -0.4 is 14.8 Å². The van der Waals surface area contributed by atoms with Crippen LogP contribution in [0.15, 0.2) is 66.1 Å². The van der Waals surface area contributed by atoms with Crippen LogP contribution in [0.4, 0.5) is 10.1 Å². The van der Waals surface area contributed by atoms with Crippen molar-refractivity contribution >= 4 is 34.5 Å². The molecule has 164 valence electrons. The van der Waals surface area contributed by atoms with E-state index in [9.17, 15) is 9.18 Å². The lowest BCUT2D eigenvalue weighted by Crippen LogP contribution is -2.14. The Morgan fingerprint density at radius 3 is 2.79 bits per heavy atom. The standard InChI is InChI=1S/C22H15FN6O3S/c23-14-3-1-13(2-4-14)16-10-17-21-25-26-22(28(21)7-8-29(17)27-16)33-11-20(30)24-15-5-6-18-19(9-15)32-12-31-18/h1-10H,11-12H2,(H,24,30). The zero-order valence-electron chi connectivity index (χ0n) is 16.9. The highest BCUT2D eigenvalue weighted by Crippen LogP contribution is 2.34. The van der Waals surface area contributed by atoms with Crippen LogP contribution in [0.2, 0.25) is 0 Å². The summed E-state index contributed by atoms with van der Waals surface area (Å²) < 4.78 is 27.4. The molecule has 0 fully saturated rings. The van der Waals surface area contributed by atoms with Gasteiger partial charge in [0.2, 0.25) is 12.7 Å². The maximum atomic E-state index is 13.2. The summed E-state index contributed by atoms with van der Waals surface area (Å²) in [5.41, 5.74) is 3.49. The topological polar surface area (TPSA) is 95.1 Å². The van der Waals surface area contributed by atoms with Crippen molar-refractivity contribution in [1.29, 1.82) is 0 Å². The maximum absolute atomic E-state index is 13.2. The molecule has 0 atom stereocenters. The first-order valence-electron chi connectivity index (χ1n) is 9.95. The van der Waals surface area contributed by atoms with Crippen molar-refractivity contribution in [3.8, 4) is 22.8 Å². The largest absolute Gasteiger partial charge is 0.454 e. The number of anilines is 1. The van der Waals surface area contributed by atoms with E-state index in [1.165, 1.54) is 23.9 Å². The molecule has 0 bridgehead atoms. The summed E-state index contributed by atoms with van der Waals surface area (Å²) in [5, 5.41) is 16.5. The van der Waals surface area contributed by atoms with Crippen LogP contribution in [0.1, 0.15) is 0 Å². The third kappa shape index (κ3) is 3.61. The normalized spacial score (nSPS) is 12.5. The molecular formula is C22H15FN6O3S. The van der Waals surface area contributed by atoms with Crippen LogP contribution in [0, 0.1) is 5.82 Å². The van der Waals surface area contributed by atoms with Gasteiger partial charge in [0.1, 0.15) is 11.3 Å². The van der Waals surface area contributed by atoms with Gasteiger partial charge in [-0.2, -0.15) is 5.10 Å². The van der Waals surface area contributed by atoms with Crippen LogP contribution in [0.5, 0.6) is 11.5 Å². The van der Waals surface area contributed by atoms with Gasteiger partial charge >= 0.3 is 0 Å². The molecule has 1 aliphatic heterocycles. The molecule has 5 aromatic rings. The Labute approximate surface area is 190 Å². The molecule has 33 heavy (non-hydrogen) atoms. The van der Waals surface area contributed by atoms with E-state index in [0.29, 0.717) is 33.7 Å². The highest BCUT2D eigenvalue weighted by atomic mass is 32.2. The first-order valence-corrected chi connectivity index (χ1v) is 10.9. The van der Waals surface area contributed by atoms with Crippen LogP contribution in [-0.4, -0.2) is 42.7 Å². The van der Waals surface area contributed by atoms with Crippen molar-refractivity contribution in [2.24, 2.45) is 0 Å². The Bertz CT molecular complexity index is 1510. The first kappa shape index (κ1) is 19.6. The number of thioether (sulfide) groups is 1. The molecule has 1 N–H and O–H groups in total. The first-order chi connectivity index (χ1) is 16.1. The summed E-state index contributed by atoms with van der Waals surface area (Å²) in [4.78, 5) is 12.4. The fraction of sp³-hybridized carbons (Fsp3) is 0.0909. The fourth-order valence-electron chi connectivity index (χ4n) is 3.55. The van der Waals surface area contributed by atoms with Gasteiger partial charge in [0.05, 0.1) is 11.4 Å². The predicted octanol–water partition coefficient (Wildman–Crippen LogP) is 3.64. The van der Waals surface area contributed by atoms with Crippen molar-refractivity contribution < 1.29 is 18.7 Å². The van der Waals surface area contributed by atoms with E-state index in [-0.39, 0.29) is 24.3 Å². The van der Waals surface area contributed by atoms with Gasteiger partial charge < -0.3 is 14.8 Å². The molecule has 0 spiro atoms. The number of rotatable bonds is 5. The zero-order valence-corrected chi connectivity index (χ0v) is 17.8. The molecule has 0 saturated carbocycles. The van der Waals surface area contributed by atoms with E-state index in [1.807, 2.05) is 10.5 Å². The Kier molecular flexibility index (Phi) is 4.61. The third-order valence-corrected chi connectivity index (χ3v) is 6.06.